The molecule has 4 rings (SSSR count). The number of nitrogens with two attached hydrogens (primary N) is 1. The van der Waals surface area contributed by atoms with Crippen molar-refractivity contribution in [3.8, 4) is 17.4 Å². The summed E-state index contributed by atoms with van der Waals surface area (Å²) < 4.78 is 11.8. The van der Waals surface area contributed by atoms with Gasteiger partial charge >= 0.3 is 11.7 Å². The van der Waals surface area contributed by atoms with Crippen LogP contribution in [0.3, 0.4) is 0 Å². The molecule has 1 unspecified atom stereocenters. The summed E-state index contributed by atoms with van der Waals surface area (Å²) in [5.74, 6) is -0.519. The minimum atomic E-state index is -1.22. The number of pyridine rings is 1. The van der Waals surface area contributed by atoms with Crippen molar-refractivity contribution in [1.82, 2.24) is 24.7 Å². The quantitative estimate of drug-likeness (QED) is 0.155. The Kier molecular flexibility index (Phi) is 6.96. The van der Waals surface area contributed by atoms with Gasteiger partial charge < -0.3 is 25.6 Å². The van der Waals surface area contributed by atoms with Crippen molar-refractivity contribution in [2.75, 3.05) is 19.0 Å². The van der Waals surface area contributed by atoms with E-state index in [1.165, 1.54) is 12.6 Å². The summed E-state index contributed by atoms with van der Waals surface area (Å²) in [5.41, 5.74) is 7.97. The third-order valence-corrected chi connectivity index (χ3v) is 5.83. The number of carboxylic acids is 1. The number of nitrogens with zero attached hydrogens (tertiary/aromatic N) is 4. The topological polar surface area (TPSA) is 194 Å². The maximum absolute atomic E-state index is 12.8. The number of aromatic carboxylic acids is 1. The molecule has 3 aromatic heterocycles. The molecule has 36 heavy (non-hydrogen) atoms. The van der Waals surface area contributed by atoms with E-state index < -0.39 is 17.7 Å². The van der Waals surface area contributed by atoms with Crippen LogP contribution in [-0.4, -0.2) is 55.4 Å². The summed E-state index contributed by atoms with van der Waals surface area (Å²) in [6.07, 6.45) is 1.55. The highest BCUT2D eigenvalue weighted by Crippen LogP contribution is 2.31. The van der Waals surface area contributed by atoms with E-state index in [1.807, 2.05) is 6.92 Å². The minimum absolute atomic E-state index is 0.0700. The molecule has 0 aliphatic heterocycles. The first-order chi connectivity index (χ1) is 17.3. The Morgan fingerprint density at radius 3 is 2.72 bits per heavy atom. The lowest BCUT2D eigenvalue weighted by Crippen LogP contribution is -2.18. The first-order valence-electron chi connectivity index (χ1n) is 10.6. The molecule has 0 spiro atoms. The van der Waals surface area contributed by atoms with Crippen LogP contribution in [0.4, 0.5) is 5.69 Å². The Bertz CT molecular complexity index is 1460. The van der Waals surface area contributed by atoms with Gasteiger partial charge in [0.25, 0.3) is 5.88 Å². The SMILES string of the molecule is CCOc1cc(C(Nc2ccc(C(=N)N)cc2)c2nn(-c3ncsc3C(=O)O)c(=O)[nH]2)cnc1OC. The molecule has 0 aliphatic rings. The molecule has 6 N–H and O–H groups in total. The Balaban J connectivity index is 1.81. The molecule has 186 valence electrons. The molecule has 14 heteroatoms. The van der Waals surface area contributed by atoms with Crippen molar-refractivity contribution < 1.29 is 19.4 Å². The zero-order chi connectivity index (χ0) is 25.8. The lowest BCUT2D eigenvalue weighted by molar-refractivity contribution is 0.0701. The highest BCUT2D eigenvalue weighted by molar-refractivity contribution is 7.12. The molecular weight excluding hydrogens is 488 g/mol. The summed E-state index contributed by atoms with van der Waals surface area (Å²) in [6, 6.07) is 7.77. The van der Waals surface area contributed by atoms with E-state index in [1.54, 1.807) is 36.5 Å². The Labute approximate surface area is 208 Å². The second-order valence-electron chi connectivity index (χ2n) is 7.31. The number of thiazole rings is 1. The van der Waals surface area contributed by atoms with E-state index in [4.69, 9.17) is 20.6 Å². The van der Waals surface area contributed by atoms with Gasteiger partial charge in [0.15, 0.2) is 22.3 Å². The smallest absolute Gasteiger partial charge is 0.349 e. The van der Waals surface area contributed by atoms with Gasteiger partial charge in [0.1, 0.15) is 11.9 Å². The normalized spacial score (nSPS) is 11.6. The predicted molar refractivity (Wildman–Crippen MR) is 132 cm³/mol. The molecule has 0 saturated heterocycles. The number of methoxy groups -OCH3 is 1. The largest absolute Gasteiger partial charge is 0.488 e. The number of aromatic amines is 1. The van der Waals surface area contributed by atoms with E-state index in [2.05, 4.69) is 25.4 Å². The average molecular weight is 511 g/mol. The van der Waals surface area contributed by atoms with Crippen molar-refractivity contribution in [3.05, 3.63) is 74.4 Å². The molecule has 0 bridgehead atoms. The van der Waals surface area contributed by atoms with Gasteiger partial charge in [0.05, 0.1) is 19.2 Å². The summed E-state index contributed by atoms with van der Waals surface area (Å²) in [4.78, 5) is 35.2. The molecule has 3 heterocycles. The number of hydrogen-bond acceptors (Lipinski definition) is 10. The molecule has 0 radical (unpaired) electrons. The third-order valence-electron chi connectivity index (χ3n) is 5.02. The van der Waals surface area contributed by atoms with Gasteiger partial charge in [-0.15, -0.1) is 16.4 Å². The number of aromatic nitrogens is 5. The van der Waals surface area contributed by atoms with Crippen molar-refractivity contribution in [2.24, 2.45) is 5.73 Å². The second-order valence-corrected chi connectivity index (χ2v) is 8.17. The van der Waals surface area contributed by atoms with Crippen molar-refractivity contribution in [2.45, 2.75) is 13.0 Å². The zero-order valence-corrected chi connectivity index (χ0v) is 20.0. The first-order valence-corrected chi connectivity index (χ1v) is 11.4. The van der Waals surface area contributed by atoms with Crippen molar-refractivity contribution in [3.63, 3.8) is 0 Å². The molecule has 0 saturated carbocycles. The van der Waals surface area contributed by atoms with E-state index in [0.29, 0.717) is 29.2 Å². The Hall–Kier alpha value is -4.72. The number of hydrogen-bond donors (Lipinski definition) is 5. The molecule has 0 amide bonds. The predicted octanol–water partition coefficient (Wildman–Crippen LogP) is 2.00. The van der Waals surface area contributed by atoms with Crippen molar-refractivity contribution in [1.29, 1.82) is 5.41 Å². The molecule has 13 nitrogen and oxygen atoms in total. The number of rotatable bonds is 10. The Morgan fingerprint density at radius 1 is 1.33 bits per heavy atom. The van der Waals surface area contributed by atoms with E-state index in [9.17, 15) is 14.7 Å². The second kappa shape index (κ2) is 10.3. The summed E-state index contributed by atoms with van der Waals surface area (Å²) in [6.45, 7) is 2.20. The molecule has 4 aromatic rings. The lowest BCUT2D eigenvalue weighted by atomic mass is 10.1. The van der Waals surface area contributed by atoms with Gasteiger partial charge in [0, 0.05) is 23.0 Å². The van der Waals surface area contributed by atoms with E-state index >= 15 is 0 Å². The van der Waals surface area contributed by atoms with Gasteiger partial charge in [-0.25, -0.2) is 19.6 Å². The summed E-state index contributed by atoms with van der Waals surface area (Å²) >= 11 is 0.885. The van der Waals surface area contributed by atoms with Crippen LogP contribution in [0.25, 0.3) is 5.82 Å². The van der Waals surface area contributed by atoms with Gasteiger partial charge in [0.2, 0.25) is 0 Å². The number of amidine groups is 1. The summed E-state index contributed by atoms with van der Waals surface area (Å²) in [7, 11) is 1.48. The number of ether oxygens (including phenoxy) is 2. The highest BCUT2D eigenvalue weighted by atomic mass is 32.1. The summed E-state index contributed by atoms with van der Waals surface area (Å²) in [5, 5.41) is 24.6. The first kappa shape index (κ1) is 24.4. The van der Waals surface area contributed by atoms with Gasteiger partial charge in [-0.05, 0) is 37.3 Å². The molecule has 0 aliphatic carbocycles. The third kappa shape index (κ3) is 4.88. The lowest BCUT2D eigenvalue weighted by Gasteiger charge is -2.19. The van der Waals surface area contributed by atoms with Crippen LogP contribution in [0, 0.1) is 5.41 Å². The maximum Gasteiger partial charge on any atom is 0.349 e. The molecule has 0 fully saturated rings. The number of carboxylic acid groups (broad SMARTS) is 1. The standard InChI is InChI=1S/C22H22N8O5S/c1-3-35-14-8-12(9-25-20(14)34-2)15(27-13-6-4-11(5-7-13)17(23)24)18-28-22(33)30(29-18)19-16(21(31)32)36-10-26-19/h4-10,15,27H,3H2,1-2H3,(H3,23,24)(H,31,32)(H,28,29,33). The molecule has 1 aromatic carbocycles. The minimum Gasteiger partial charge on any atom is -0.488 e. The number of nitrogens with one attached hydrogen (secondary N) is 3. The van der Waals surface area contributed by atoms with Gasteiger partial charge in [-0.3, -0.25) is 10.4 Å². The van der Waals surface area contributed by atoms with Crippen LogP contribution < -0.4 is 26.2 Å². The van der Waals surface area contributed by atoms with Crippen molar-refractivity contribution >= 4 is 28.8 Å². The number of benzene rings is 1. The van der Waals surface area contributed by atoms with Crippen LogP contribution in [-0.2, 0) is 0 Å². The molecular formula is C22H22N8O5S. The number of carbonyl (C=O) groups is 1. The number of H-pyrrole nitrogens is 1. The Morgan fingerprint density at radius 2 is 2.08 bits per heavy atom. The van der Waals surface area contributed by atoms with Crippen LogP contribution >= 0.6 is 11.3 Å². The fraction of sp³-hybridized carbons (Fsp3) is 0.182. The fourth-order valence-corrected chi connectivity index (χ4v) is 3.99. The molecule has 1 atom stereocenters. The van der Waals surface area contributed by atoms with E-state index in [-0.39, 0.29) is 28.2 Å². The van der Waals surface area contributed by atoms with Gasteiger partial charge in [-0.2, -0.15) is 4.68 Å². The number of anilines is 1. The monoisotopic (exact) mass is 510 g/mol. The van der Waals surface area contributed by atoms with Crippen LogP contribution in [0.5, 0.6) is 11.6 Å². The van der Waals surface area contributed by atoms with Crippen LogP contribution in [0.15, 0.2) is 46.8 Å². The maximum atomic E-state index is 12.8. The zero-order valence-electron chi connectivity index (χ0n) is 19.2. The van der Waals surface area contributed by atoms with E-state index in [0.717, 1.165) is 16.0 Å². The fourth-order valence-electron chi connectivity index (χ4n) is 3.39. The average Bonchev–Trinajstić information content (AvgIpc) is 3.49. The number of nitrogen functional groups attached to an aromatic ring is 1. The van der Waals surface area contributed by atoms with Crippen LogP contribution in [0.2, 0.25) is 0 Å². The van der Waals surface area contributed by atoms with Gasteiger partial charge in [-0.1, -0.05) is 0 Å². The highest BCUT2D eigenvalue weighted by Gasteiger charge is 2.25. The van der Waals surface area contributed by atoms with Crippen LogP contribution in [0.1, 0.15) is 39.6 Å².